The number of piperidine rings is 1. The Bertz CT molecular complexity index is 292. The van der Waals surface area contributed by atoms with E-state index in [1.54, 1.807) is 0 Å². The summed E-state index contributed by atoms with van der Waals surface area (Å²) in [7, 11) is 0. The van der Waals surface area contributed by atoms with Gasteiger partial charge in [-0.3, -0.25) is 4.79 Å². The molecule has 2 unspecified atom stereocenters. The Kier molecular flexibility index (Phi) is 8.93. The van der Waals surface area contributed by atoms with Crippen molar-refractivity contribution < 1.29 is 4.79 Å². The number of hydrogen-bond donors (Lipinski definition) is 1. The van der Waals surface area contributed by atoms with Crippen molar-refractivity contribution in [2.75, 3.05) is 39.3 Å². The van der Waals surface area contributed by atoms with Crippen LogP contribution < -0.4 is 5.32 Å². The van der Waals surface area contributed by atoms with E-state index in [2.05, 4.69) is 37.9 Å². The summed E-state index contributed by atoms with van der Waals surface area (Å²) in [4.78, 5) is 17.1. The first-order valence-corrected chi connectivity index (χ1v) is 8.90. The van der Waals surface area contributed by atoms with Gasteiger partial charge in [-0.1, -0.05) is 27.2 Å². The Morgan fingerprint density at radius 1 is 1.10 bits per heavy atom. The minimum atomic E-state index is 0.0529. The highest BCUT2D eigenvalue weighted by atomic mass is 16.2. The van der Waals surface area contributed by atoms with Gasteiger partial charge < -0.3 is 15.1 Å². The molecule has 1 fully saturated rings. The summed E-state index contributed by atoms with van der Waals surface area (Å²) < 4.78 is 0. The third kappa shape index (κ3) is 5.95. The monoisotopic (exact) mass is 297 g/mol. The predicted molar refractivity (Wildman–Crippen MR) is 89.5 cm³/mol. The van der Waals surface area contributed by atoms with Gasteiger partial charge in [0.25, 0.3) is 0 Å². The molecule has 0 aliphatic carbocycles. The third-order valence-corrected chi connectivity index (χ3v) is 4.88. The van der Waals surface area contributed by atoms with Gasteiger partial charge in [-0.15, -0.1) is 0 Å². The maximum absolute atomic E-state index is 12.7. The molecule has 0 radical (unpaired) electrons. The minimum absolute atomic E-state index is 0.0529. The van der Waals surface area contributed by atoms with Crippen LogP contribution in [0.2, 0.25) is 0 Å². The highest BCUT2D eigenvalue weighted by Crippen LogP contribution is 2.20. The smallest absolute Gasteiger partial charge is 0.239 e. The average molecular weight is 297 g/mol. The van der Waals surface area contributed by atoms with Crippen LogP contribution in [0, 0.1) is 5.92 Å². The van der Waals surface area contributed by atoms with Crippen LogP contribution in [0.1, 0.15) is 53.4 Å². The quantitative estimate of drug-likeness (QED) is 0.709. The van der Waals surface area contributed by atoms with Crippen LogP contribution in [0.4, 0.5) is 0 Å². The van der Waals surface area contributed by atoms with Gasteiger partial charge in [0.2, 0.25) is 5.91 Å². The second-order valence-corrected chi connectivity index (χ2v) is 6.10. The van der Waals surface area contributed by atoms with Crippen LogP contribution >= 0.6 is 0 Å². The molecule has 124 valence electrons. The highest BCUT2D eigenvalue weighted by molar-refractivity contribution is 5.82. The zero-order valence-electron chi connectivity index (χ0n) is 14.5. The summed E-state index contributed by atoms with van der Waals surface area (Å²) in [6, 6.07) is 0.0529. The molecular formula is C17H35N3O. The fourth-order valence-electron chi connectivity index (χ4n) is 3.22. The number of nitrogens with zero attached hydrogens (tertiary/aromatic N) is 2. The number of rotatable bonds is 9. The van der Waals surface area contributed by atoms with Crippen LogP contribution in [0.3, 0.4) is 0 Å². The second-order valence-electron chi connectivity index (χ2n) is 6.10. The molecule has 4 heteroatoms. The van der Waals surface area contributed by atoms with E-state index < -0.39 is 0 Å². The van der Waals surface area contributed by atoms with Crippen LogP contribution in [-0.2, 0) is 4.79 Å². The fraction of sp³-hybridized carbons (Fsp3) is 0.941. The molecule has 1 aliphatic heterocycles. The van der Waals surface area contributed by atoms with Gasteiger partial charge in [0.1, 0.15) is 0 Å². The number of hydrogen-bond acceptors (Lipinski definition) is 3. The molecule has 2 atom stereocenters. The van der Waals surface area contributed by atoms with E-state index >= 15 is 0 Å². The number of amides is 1. The largest absolute Gasteiger partial charge is 0.342 e. The van der Waals surface area contributed by atoms with E-state index in [0.717, 1.165) is 58.0 Å². The molecule has 0 aromatic heterocycles. The van der Waals surface area contributed by atoms with Crippen molar-refractivity contribution in [2.24, 2.45) is 5.92 Å². The summed E-state index contributed by atoms with van der Waals surface area (Å²) in [5.41, 5.74) is 0. The maximum Gasteiger partial charge on any atom is 0.239 e. The maximum atomic E-state index is 12.7. The molecule has 21 heavy (non-hydrogen) atoms. The van der Waals surface area contributed by atoms with Gasteiger partial charge in [-0.2, -0.15) is 0 Å². The zero-order chi connectivity index (χ0) is 15.7. The van der Waals surface area contributed by atoms with E-state index in [4.69, 9.17) is 0 Å². The molecule has 0 saturated carbocycles. The van der Waals surface area contributed by atoms with Crippen LogP contribution in [0.5, 0.6) is 0 Å². The Hall–Kier alpha value is -0.610. The van der Waals surface area contributed by atoms with Crippen molar-refractivity contribution in [1.29, 1.82) is 0 Å². The van der Waals surface area contributed by atoms with E-state index in [0.29, 0.717) is 5.91 Å². The molecular weight excluding hydrogens is 262 g/mol. The number of carbonyl (C=O) groups excluding carboxylic acids is 1. The lowest BCUT2D eigenvalue weighted by Crippen LogP contribution is -2.50. The Morgan fingerprint density at radius 2 is 1.81 bits per heavy atom. The topological polar surface area (TPSA) is 35.6 Å². The Labute approximate surface area is 131 Å². The van der Waals surface area contributed by atoms with Crippen molar-refractivity contribution >= 4 is 5.91 Å². The summed E-state index contributed by atoms with van der Waals surface area (Å²) in [6.45, 7) is 14.7. The second kappa shape index (κ2) is 10.2. The summed E-state index contributed by atoms with van der Waals surface area (Å²) in [5.74, 6) is 1.03. The first-order chi connectivity index (χ1) is 10.2. The molecule has 1 rings (SSSR count). The van der Waals surface area contributed by atoms with Gasteiger partial charge in [0.05, 0.1) is 6.04 Å². The summed E-state index contributed by atoms with van der Waals surface area (Å²) in [5, 5.41) is 3.42. The Balaban J connectivity index is 2.41. The van der Waals surface area contributed by atoms with Crippen molar-refractivity contribution in [2.45, 2.75) is 59.4 Å². The van der Waals surface area contributed by atoms with E-state index in [-0.39, 0.29) is 6.04 Å². The third-order valence-electron chi connectivity index (χ3n) is 4.88. The molecule has 0 aromatic rings. The minimum Gasteiger partial charge on any atom is -0.342 e. The van der Waals surface area contributed by atoms with Crippen LogP contribution in [0.25, 0.3) is 0 Å². The summed E-state index contributed by atoms with van der Waals surface area (Å²) >= 11 is 0. The average Bonchev–Trinajstić information content (AvgIpc) is 2.54. The van der Waals surface area contributed by atoms with Crippen LogP contribution in [0.15, 0.2) is 0 Å². The van der Waals surface area contributed by atoms with Gasteiger partial charge in [-0.05, 0) is 58.3 Å². The zero-order valence-corrected chi connectivity index (χ0v) is 14.5. The first kappa shape index (κ1) is 18.4. The van der Waals surface area contributed by atoms with Crippen molar-refractivity contribution in [1.82, 2.24) is 15.1 Å². The molecule has 1 heterocycles. The van der Waals surface area contributed by atoms with E-state index in [9.17, 15) is 4.79 Å². The predicted octanol–water partition coefficient (Wildman–Crippen LogP) is 2.34. The molecule has 1 aliphatic rings. The molecule has 0 aromatic carbocycles. The van der Waals surface area contributed by atoms with Crippen molar-refractivity contribution in [3.05, 3.63) is 0 Å². The highest BCUT2D eigenvalue weighted by Gasteiger charge is 2.28. The lowest BCUT2D eigenvalue weighted by molar-refractivity contribution is -0.134. The number of likely N-dealkylation sites (N-methyl/N-ethyl adjacent to an activating group) is 1. The van der Waals surface area contributed by atoms with E-state index in [1.807, 2.05) is 4.90 Å². The lowest BCUT2D eigenvalue weighted by atomic mass is 9.90. The number of nitrogens with one attached hydrogen (secondary N) is 1. The fourth-order valence-corrected chi connectivity index (χ4v) is 3.22. The normalized spacial score (nSPS) is 22.5. The van der Waals surface area contributed by atoms with Crippen LogP contribution in [-0.4, -0.2) is 61.0 Å². The number of carbonyl (C=O) groups is 1. The van der Waals surface area contributed by atoms with Gasteiger partial charge >= 0.3 is 0 Å². The molecule has 1 saturated heterocycles. The summed E-state index contributed by atoms with van der Waals surface area (Å²) in [6.07, 6.45) is 4.50. The lowest BCUT2D eigenvalue weighted by Gasteiger charge is -2.33. The molecule has 1 N–H and O–H groups in total. The van der Waals surface area contributed by atoms with Gasteiger partial charge in [0, 0.05) is 13.1 Å². The molecule has 1 amide bonds. The van der Waals surface area contributed by atoms with Crippen molar-refractivity contribution in [3.8, 4) is 0 Å². The SMILES string of the molecule is CCC1CCNC(C(=O)N(CC)CCCN(CC)CC)C1. The standard InChI is InChI=1S/C17H35N3O/c1-5-15-10-11-18-16(14-15)17(21)20(8-4)13-9-12-19(6-2)7-3/h15-16,18H,5-14H2,1-4H3. The molecule has 0 bridgehead atoms. The first-order valence-electron chi connectivity index (χ1n) is 8.90. The Morgan fingerprint density at radius 3 is 2.38 bits per heavy atom. The van der Waals surface area contributed by atoms with Crippen molar-refractivity contribution in [3.63, 3.8) is 0 Å². The van der Waals surface area contributed by atoms with Gasteiger partial charge in [-0.25, -0.2) is 0 Å². The van der Waals surface area contributed by atoms with Gasteiger partial charge in [0.15, 0.2) is 0 Å². The van der Waals surface area contributed by atoms with E-state index in [1.165, 1.54) is 12.8 Å². The molecule has 0 spiro atoms. The molecule has 4 nitrogen and oxygen atoms in total.